The molecule has 34 heavy (non-hydrogen) atoms. The van der Waals surface area contributed by atoms with Gasteiger partial charge in [-0.15, -0.1) is 0 Å². The third-order valence-electron chi connectivity index (χ3n) is 7.31. The van der Waals surface area contributed by atoms with Gasteiger partial charge in [0.1, 0.15) is 5.82 Å². The van der Waals surface area contributed by atoms with Crippen molar-refractivity contribution in [2.75, 3.05) is 32.7 Å². The number of hydrogen-bond acceptors (Lipinski definition) is 8. The number of rotatable bonds is 8. The highest BCUT2D eigenvalue weighted by molar-refractivity contribution is 5.78. The SMILES string of the molecule is COc1ccc2ncc(F)c(CCC34CCC(NCc5cnc(N(C)C)nc5)(CC3)CO4)c2n1. The lowest BCUT2D eigenvalue weighted by atomic mass is 9.69. The van der Waals surface area contributed by atoms with Crippen molar-refractivity contribution in [2.45, 2.75) is 56.2 Å². The van der Waals surface area contributed by atoms with Crippen LogP contribution in [0.4, 0.5) is 10.3 Å². The topological polar surface area (TPSA) is 85.3 Å². The zero-order chi connectivity index (χ0) is 23.8. The van der Waals surface area contributed by atoms with E-state index >= 15 is 0 Å². The van der Waals surface area contributed by atoms with Gasteiger partial charge in [0.05, 0.1) is 36.5 Å². The number of nitrogens with one attached hydrogen (secondary N) is 1. The van der Waals surface area contributed by atoms with Gasteiger partial charge in [-0.2, -0.15) is 0 Å². The van der Waals surface area contributed by atoms with E-state index < -0.39 is 0 Å². The predicted molar refractivity (Wildman–Crippen MR) is 127 cm³/mol. The fourth-order valence-electron chi connectivity index (χ4n) is 5.06. The molecule has 1 saturated carbocycles. The molecule has 0 aromatic carbocycles. The number of aromatic nitrogens is 4. The van der Waals surface area contributed by atoms with Gasteiger partial charge in [-0.1, -0.05) is 0 Å². The van der Waals surface area contributed by atoms with Gasteiger partial charge >= 0.3 is 0 Å². The van der Waals surface area contributed by atoms with E-state index in [0.29, 0.717) is 48.0 Å². The van der Waals surface area contributed by atoms with Crippen LogP contribution in [0, 0.1) is 5.82 Å². The third kappa shape index (κ3) is 4.42. The van der Waals surface area contributed by atoms with Crippen LogP contribution in [0.1, 0.15) is 43.2 Å². The molecule has 3 aromatic rings. The molecule has 1 aliphatic carbocycles. The van der Waals surface area contributed by atoms with E-state index in [0.717, 1.165) is 37.7 Å². The van der Waals surface area contributed by atoms with E-state index in [1.54, 1.807) is 13.2 Å². The van der Waals surface area contributed by atoms with Crippen molar-refractivity contribution in [3.8, 4) is 5.88 Å². The molecule has 6 rings (SSSR count). The highest BCUT2D eigenvalue weighted by Crippen LogP contribution is 2.46. The van der Waals surface area contributed by atoms with Crippen molar-refractivity contribution in [3.05, 3.63) is 47.7 Å². The van der Waals surface area contributed by atoms with Gasteiger partial charge in [-0.3, -0.25) is 4.98 Å². The third-order valence-corrected chi connectivity index (χ3v) is 7.31. The molecule has 0 atom stereocenters. The molecule has 0 spiro atoms. The molecule has 0 amide bonds. The molecule has 9 heteroatoms. The minimum atomic E-state index is -0.324. The smallest absolute Gasteiger partial charge is 0.224 e. The molecule has 5 heterocycles. The van der Waals surface area contributed by atoms with E-state index in [4.69, 9.17) is 9.47 Å². The number of ether oxygens (including phenoxy) is 2. The first kappa shape index (κ1) is 22.9. The number of aryl methyl sites for hydroxylation is 1. The lowest BCUT2D eigenvalue weighted by Crippen LogP contribution is -2.61. The first-order valence-corrected chi connectivity index (χ1v) is 11.8. The Morgan fingerprint density at radius 3 is 2.50 bits per heavy atom. The summed E-state index contributed by atoms with van der Waals surface area (Å²) in [6.07, 6.45) is 10.3. The summed E-state index contributed by atoms with van der Waals surface area (Å²) >= 11 is 0. The Morgan fingerprint density at radius 2 is 1.85 bits per heavy atom. The quantitative estimate of drug-likeness (QED) is 0.541. The minimum absolute atomic E-state index is 0.0223. The standard InChI is InChI=1S/C25H31FN6O2/c1-32(2)23-28-12-17(13-29-23)14-30-24-8-10-25(11-9-24,34-16-24)7-6-18-19(26)15-27-20-4-5-21(33-3)31-22(18)20/h4-5,12-13,15,30H,6-11,14,16H2,1-3H3. The van der Waals surface area contributed by atoms with E-state index in [9.17, 15) is 4.39 Å². The van der Waals surface area contributed by atoms with Crippen molar-refractivity contribution in [1.29, 1.82) is 0 Å². The second-order valence-electron chi connectivity index (χ2n) is 9.70. The minimum Gasteiger partial charge on any atom is -0.481 e. The lowest BCUT2D eigenvalue weighted by molar-refractivity contribution is -0.165. The molecule has 180 valence electrons. The van der Waals surface area contributed by atoms with Crippen molar-refractivity contribution >= 4 is 17.0 Å². The number of anilines is 1. The van der Waals surface area contributed by atoms with Crippen molar-refractivity contribution < 1.29 is 13.9 Å². The van der Waals surface area contributed by atoms with Crippen molar-refractivity contribution in [3.63, 3.8) is 0 Å². The largest absolute Gasteiger partial charge is 0.481 e. The normalized spacial score (nSPS) is 23.9. The van der Waals surface area contributed by atoms with Gasteiger partial charge in [-0.25, -0.2) is 19.3 Å². The maximum atomic E-state index is 14.7. The van der Waals surface area contributed by atoms with E-state index in [1.807, 2.05) is 37.5 Å². The van der Waals surface area contributed by atoms with Gasteiger partial charge in [0.25, 0.3) is 0 Å². The van der Waals surface area contributed by atoms with Crippen LogP contribution in [-0.4, -0.2) is 58.9 Å². The molecule has 2 bridgehead atoms. The monoisotopic (exact) mass is 466 g/mol. The van der Waals surface area contributed by atoms with Crippen LogP contribution >= 0.6 is 0 Å². The number of methoxy groups -OCH3 is 1. The first-order chi connectivity index (χ1) is 16.4. The van der Waals surface area contributed by atoms with Crippen LogP contribution in [0.15, 0.2) is 30.7 Å². The summed E-state index contributed by atoms with van der Waals surface area (Å²) in [6, 6.07) is 3.57. The van der Waals surface area contributed by atoms with E-state index in [2.05, 4.69) is 25.3 Å². The zero-order valence-corrected chi connectivity index (χ0v) is 20.0. The van der Waals surface area contributed by atoms with E-state index in [-0.39, 0.29) is 17.0 Å². The molecule has 2 saturated heterocycles. The second kappa shape index (κ2) is 9.03. The van der Waals surface area contributed by atoms with Crippen LogP contribution in [0.5, 0.6) is 5.88 Å². The maximum Gasteiger partial charge on any atom is 0.224 e. The number of pyridine rings is 2. The summed E-state index contributed by atoms with van der Waals surface area (Å²) in [6.45, 7) is 1.38. The van der Waals surface area contributed by atoms with Crippen molar-refractivity contribution in [2.24, 2.45) is 0 Å². The summed E-state index contributed by atoms with van der Waals surface area (Å²) in [5, 5.41) is 3.71. The summed E-state index contributed by atoms with van der Waals surface area (Å²) in [4.78, 5) is 19.3. The summed E-state index contributed by atoms with van der Waals surface area (Å²) < 4.78 is 26.4. The fourth-order valence-corrected chi connectivity index (χ4v) is 5.06. The maximum absolute atomic E-state index is 14.7. The molecule has 8 nitrogen and oxygen atoms in total. The molecule has 3 fully saturated rings. The number of fused-ring (bicyclic) bond motifs is 4. The number of hydrogen-bond donors (Lipinski definition) is 1. The average molecular weight is 467 g/mol. The molecular weight excluding hydrogens is 435 g/mol. The molecule has 0 unspecified atom stereocenters. The average Bonchev–Trinajstić information content (AvgIpc) is 2.88. The molecule has 2 aliphatic heterocycles. The molecule has 3 aliphatic rings. The van der Waals surface area contributed by atoms with Gasteiger partial charge in [-0.05, 0) is 44.6 Å². The molecule has 0 radical (unpaired) electrons. The Kier molecular flexibility index (Phi) is 6.07. The Hall–Kier alpha value is -2.91. The summed E-state index contributed by atoms with van der Waals surface area (Å²) in [5.74, 6) is 0.843. The Bertz CT molecular complexity index is 1150. The van der Waals surface area contributed by atoms with Crippen LogP contribution in [0.2, 0.25) is 0 Å². The Balaban J connectivity index is 1.22. The molecule has 1 N–H and O–H groups in total. The van der Waals surface area contributed by atoms with Gasteiger partial charge in [0, 0.05) is 55.8 Å². The fraction of sp³-hybridized carbons (Fsp3) is 0.520. The zero-order valence-electron chi connectivity index (χ0n) is 20.0. The summed E-state index contributed by atoms with van der Waals surface area (Å²) in [5.41, 5.74) is 2.66. The van der Waals surface area contributed by atoms with E-state index in [1.165, 1.54) is 6.20 Å². The van der Waals surface area contributed by atoms with Crippen LogP contribution in [-0.2, 0) is 17.7 Å². The Morgan fingerprint density at radius 1 is 1.09 bits per heavy atom. The lowest BCUT2D eigenvalue weighted by Gasteiger charge is -2.53. The first-order valence-electron chi connectivity index (χ1n) is 11.8. The molecular formula is C25H31FN6O2. The van der Waals surface area contributed by atoms with Gasteiger partial charge in [0.15, 0.2) is 0 Å². The van der Waals surface area contributed by atoms with Crippen LogP contribution in [0.3, 0.4) is 0 Å². The number of nitrogens with zero attached hydrogens (tertiary/aromatic N) is 5. The van der Waals surface area contributed by atoms with Crippen LogP contribution in [0.25, 0.3) is 11.0 Å². The highest BCUT2D eigenvalue weighted by Gasteiger charge is 2.49. The predicted octanol–water partition coefficient (Wildman–Crippen LogP) is 3.44. The second-order valence-corrected chi connectivity index (χ2v) is 9.70. The summed E-state index contributed by atoms with van der Waals surface area (Å²) in [7, 11) is 5.42. The van der Waals surface area contributed by atoms with Gasteiger partial charge < -0.3 is 19.7 Å². The van der Waals surface area contributed by atoms with Crippen molar-refractivity contribution in [1.82, 2.24) is 25.3 Å². The Labute approximate surface area is 198 Å². The van der Waals surface area contributed by atoms with Gasteiger partial charge in [0.2, 0.25) is 11.8 Å². The highest BCUT2D eigenvalue weighted by atomic mass is 19.1. The molecule has 3 aromatic heterocycles. The van der Waals surface area contributed by atoms with Crippen LogP contribution < -0.4 is 15.0 Å². The number of halogens is 1.